The number of rotatable bonds is 3. The lowest BCUT2D eigenvalue weighted by molar-refractivity contribution is 0.416. The Balaban J connectivity index is 1.97. The van der Waals surface area contributed by atoms with Gasteiger partial charge in [0.05, 0.1) is 6.04 Å². The molecule has 2 N–H and O–H groups in total. The zero-order valence-electron chi connectivity index (χ0n) is 11.8. The molecular formula is C18H20FN. The first-order valence-electron chi connectivity index (χ1n) is 7.27. The number of nitrogens with two attached hydrogens (primary N) is 1. The van der Waals surface area contributed by atoms with E-state index in [9.17, 15) is 4.39 Å². The molecule has 1 nitrogen and oxygen atoms in total. The second-order valence-electron chi connectivity index (χ2n) is 5.74. The Hall–Kier alpha value is -1.67. The second kappa shape index (κ2) is 5.37. The van der Waals surface area contributed by atoms with E-state index in [1.807, 2.05) is 12.1 Å². The Morgan fingerprint density at radius 3 is 2.55 bits per heavy atom. The van der Waals surface area contributed by atoms with Gasteiger partial charge in [0.25, 0.3) is 0 Å². The zero-order chi connectivity index (χ0) is 14.1. The van der Waals surface area contributed by atoms with E-state index in [-0.39, 0.29) is 11.9 Å². The summed E-state index contributed by atoms with van der Waals surface area (Å²) < 4.78 is 13.4. The van der Waals surface area contributed by atoms with Crippen LogP contribution in [0.2, 0.25) is 0 Å². The maximum Gasteiger partial charge on any atom is 0.126 e. The van der Waals surface area contributed by atoms with Crippen molar-refractivity contribution in [3.8, 4) is 0 Å². The molecule has 1 saturated carbocycles. The van der Waals surface area contributed by atoms with Crippen molar-refractivity contribution in [1.82, 2.24) is 0 Å². The van der Waals surface area contributed by atoms with E-state index >= 15 is 0 Å². The van der Waals surface area contributed by atoms with Crippen LogP contribution in [0.4, 0.5) is 4.39 Å². The van der Waals surface area contributed by atoms with Gasteiger partial charge in [0.1, 0.15) is 5.82 Å². The minimum Gasteiger partial charge on any atom is -0.320 e. The first kappa shape index (κ1) is 13.3. The highest BCUT2D eigenvalue weighted by Gasteiger charge is 2.24. The third kappa shape index (κ3) is 2.36. The lowest BCUT2D eigenvalue weighted by Gasteiger charge is -2.29. The summed E-state index contributed by atoms with van der Waals surface area (Å²) in [5.74, 6) is 0.479. The molecule has 1 unspecified atom stereocenters. The summed E-state index contributed by atoms with van der Waals surface area (Å²) >= 11 is 0. The van der Waals surface area contributed by atoms with Crippen LogP contribution in [0.5, 0.6) is 0 Å². The van der Waals surface area contributed by atoms with Gasteiger partial charge < -0.3 is 5.73 Å². The maximum absolute atomic E-state index is 13.4. The Morgan fingerprint density at radius 1 is 1.15 bits per heavy atom. The number of aryl methyl sites for hydroxylation is 1. The van der Waals surface area contributed by atoms with Crippen molar-refractivity contribution in [2.24, 2.45) is 5.73 Å². The normalized spacial score (nSPS) is 16.8. The van der Waals surface area contributed by atoms with Crippen LogP contribution in [0.1, 0.15) is 53.5 Å². The van der Waals surface area contributed by atoms with Crippen LogP contribution in [-0.2, 0) is 0 Å². The van der Waals surface area contributed by atoms with Crippen molar-refractivity contribution in [1.29, 1.82) is 0 Å². The number of hydrogen-bond acceptors (Lipinski definition) is 1. The van der Waals surface area contributed by atoms with Crippen molar-refractivity contribution in [3.63, 3.8) is 0 Å². The van der Waals surface area contributed by atoms with E-state index in [2.05, 4.69) is 18.2 Å². The van der Waals surface area contributed by atoms with Gasteiger partial charge in [-0.3, -0.25) is 0 Å². The molecule has 2 heteroatoms. The van der Waals surface area contributed by atoms with E-state index in [1.54, 1.807) is 13.0 Å². The summed E-state index contributed by atoms with van der Waals surface area (Å²) in [5, 5.41) is 0. The van der Waals surface area contributed by atoms with E-state index in [4.69, 9.17) is 5.73 Å². The van der Waals surface area contributed by atoms with Crippen molar-refractivity contribution < 1.29 is 4.39 Å². The van der Waals surface area contributed by atoms with Gasteiger partial charge in [-0.25, -0.2) is 4.39 Å². The monoisotopic (exact) mass is 269 g/mol. The third-order valence-corrected chi connectivity index (χ3v) is 4.42. The maximum atomic E-state index is 13.4. The average molecular weight is 269 g/mol. The molecule has 20 heavy (non-hydrogen) atoms. The topological polar surface area (TPSA) is 26.0 Å². The van der Waals surface area contributed by atoms with Crippen LogP contribution in [0.15, 0.2) is 42.5 Å². The van der Waals surface area contributed by atoms with Crippen LogP contribution in [0.25, 0.3) is 0 Å². The summed E-state index contributed by atoms with van der Waals surface area (Å²) in [6.07, 6.45) is 3.82. The van der Waals surface area contributed by atoms with Crippen molar-refractivity contribution in [2.45, 2.75) is 38.1 Å². The standard InChI is InChI=1S/C18H20FN/c1-12-11-14(9-10-17(12)19)18(20)16-8-3-2-7-15(16)13-5-4-6-13/h2-3,7-11,13,18H,4-6,20H2,1H3. The fourth-order valence-electron chi connectivity index (χ4n) is 2.93. The summed E-state index contributed by atoms with van der Waals surface area (Å²) in [6.45, 7) is 1.78. The van der Waals surface area contributed by atoms with Gasteiger partial charge in [-0.15, -0.1) is 0 Å². The molecule has 0 radical (unpaired) electrons. The molecule has 0 aromatic heterocycles. The van der Waals surface area contributed by atoms with Crippen LogP contribution in [0, 0.1) is 12.7 Å². The summed E-state index contributed by atoms with van der Waals surface area (Å²) in [4.78, 5) is 0. The second-order valence-corrected chi connectivity index (χ2v) is 5.74. The van der Waals surface area contributed by atoms with E-state index in [0.29, 0.717) is 11.5 Å². The molecule has 104 valence electrons. The molecule has 0 spiro atoms. The lowest BCUT2D eigenvalue weighted by atomic mass is 9.76. The molecule has 0 aliphatic heterocycles. The quantitative estimate of drug-likeness (QED) is 0.875. The van der Waals surface area contributed by atoms with Crippen molar-refractivity contribution in [2.75, 3.05) is 0 Å². The lowest BCUT2D eigenvalue weighted by Crippen LogP contribution is -2.18. The first-order valence-corrected chi connectivity index (χ1v) is 7.27. The van der Waals surface area contributed by atoms with Gasteiger partial charge >= 0.3 is 0 Å². The number of halogens is 1. The molecular weight excluding hydrogens is 249 g/mol. The van der Waals surface area contributed by atoms with E-state index < -0.39 is 0 Å². The molecule has 1 aliphatic rings. The van der Waals surface area contributed by atoms with E-state index in [1.165, 1.54) is 36.5 Å². The fourth-order valence-corrected chi connectivity index (χ4v) is 2.93. The van der Waals surface area contributed by atoms with Gasteiger partial charge in [-0.1, -0.05) is 42.8 Å². The Bertz CT molecular complexity index is 617. The minimum atomic E-state index is -0.175. The summed E-state index contributed by atoms with van der Waals surface area (Å²) in [5.41, 5.74) is 10.6. The third-order valence-electron chi connectivity index (χ3n) is 4.42. The molecule has 1 atom stereocenters. The molecule has 2 aromatic carbocycles. The first-order chi connectivity index (χ1) is 9.66. The van der Waals surface area contributed by atoms with Crippen LogP contribution in [0.3, 0.4) is 0 Å². The highest BCUT2D eigenvalue weighted by molar-refractivity contribution is 5.40. The van der Waals surface area contributed by atoms with Crippen LogP contribution in [-0.4, -0.2) is 0 Å². The van der Waals surface area contributed by atoms with Gasteiger partial charge in [0, 0.05) is 0 Å². The summed E-state index contributed by atoms with van der Waals surface area (Å²) in [6, 6.07) is 13.4. The molecule has 0 heterocycles. The number of benzene rings is 2. The molecule has 2 aromatic rings. The van der Waals surface area contributed by atoms with Gasteiger partial charge in [-0.2, -0.15) is 0 Å². The molecule has 1 aliphatic carbocycles. The highest BCUT2D eigenvalue weighted by atomic mass is 19.1. The fraction of sp³-hybridized carbons (Fsp3) is 0.333. The van der Waals surface area contributed by atoms with Crippen LogP contribution >= 0.6 is 0 Å². The zero-order valence-corrected chi connectivity index (χ0v) is 11.8. The largest absolute Gasteiger partial charge is 0.320 e. The van der Waals surface area contributed by atoms with E-state index in [0.717, 1.165) is 5.56 Å². The van der Waals surface area contributed by atoms with Gasteiger partial charge in [0.15, 0.2) is 0 Å². The van der Waals surface area contributed by atoms with Gasteiger partial charge in [-0.05, 0) is 54.0 Å². The molecule has 0 bridgehead atoms. The predicted molar refractivity (Wildman–Crippen MR) is 80.2 cm³/mol. The van der Waals surface area contributed by atoms with Crippen molar-refractivity contribution >= 4 is 0 Å². The Labute approximate surface area is 119 Å². The molecule has 1 fully saturated rings. The average Bonchev–Trinajstić information content (AvgIpc) is 2.40. The highest BCUT2D eigenvalue weighted by Crippen LogP contribution is 2.40. The van der Waals surface area contributed by atoms with Crippen molar-refractivity contribution in [3.05, 3.63) is 70.5 Å². The summed E-state index contributed by atoms with van der Waals surface area (Å²) in [7, 11) is 0. The minimum absolute atomic E-state index is 0.173. The van der Waals surface area contributed by atoms with Crippen LogP contribution < -0.4 is 5.73 Å². The predicted octanol–water partition coefficient (Wildman–Crippen LogP) is 4.45. The Kier molecular flexibility index (Phi) is 3.58. The molecule has 3 rings (SSSR count). The number of hydrogen-bond donors (Lipinski definition) is 1. The Morgan fingerprint density at radius 2 is 1.90 bits per heavy atom. The molecule has 0 amide bonds. The SMILES string of the molecule is Cc1cc(C(N)c2ccccc2C2CCC2)ccc1F. The smallest absolute Gasteiger partial charge is 0.126 e. The molecule has 0 saturated heterocycles. The van der Waals surface area contributed by atoms with Gasteiger partial charge in [0.2, 0.25) is 0 Å².